The van der Waals surface area contributed by atoms with Crippen LogP contribution in [0.4, 0.5) is 0 Å². The Morgan fingerprint density at radius 3 is 2.83 bits per heavy atom. The van der Waals surface area contributed by atoms with E-state index in [0.29, 0.717) is 12.0 Å². The topological polar surface area (TPSA) is 63.6 Å². The molecular formula is C17H17N5S. The number of nitrogens with one attached hydrogen (secondary N) is 1. The van der Waals surface area contributed by atoms with Gasteiger partial charge in [-0.25, -0.2) is 4.98 Å². The fourth-order valence-corrected chi connectivity index (χ4v) is 3.98. The molecule has 0 bridgehead atoms. The molecule has 0 saturated carbocycles. The van der Waals surface area contributed by atoms with Gasteiger partial charge >= 0.3 is 0 Å². The minimum absolute atomic E-state index is 0.195. The highest BCUT2D eigenvalue weighted by atomic mass is 32.1. The Hall–Kier alpha value is -2.18. The highest BCUT2D eigenvalue weighted by Gasteiger charge is 2.38. The summed E-state index contributed by atoms with van der Waals surface area (Å²) in [6.07, 6.45) is 11.0. The zero-order valence-electron chi connectivity index (χ0n) is 12.5. The molecule has 23 heavy (non-hydrogen) atoms. The first-order valence-corrected chi connectivity index (χ1v) is 8.59. The first-order valence-electron chi connectivity index (χ1n) is 7.71. The molecule has 1 N–H and O–H groups in total. The van der Waals surface area contributed by atoms with Gasteiger partial charge in [0, 0.05) is 60.4 Å². The molecule has 0 aliphatic carbocycles. The molecule has 0 amide bonds. The number of aromatic nitrogens is 4. The van der Waals surface area contributed by atoms with Gasteiger partial charge in [-0.3, -0.25) is 15.0 Å². The van der Waals surface area contributed by atoms with E-state index >= 15 is 0 Å². The van der Waals surface area contributed by atoms with Crippen LogP contribution in [0.2, 0.25) is 0 Å². The Morgan fingerprint density at radius 2 is 2.09 bits per heavy atom. The quantitative estimate of drug-likeness (QED) is 0.800. The maximum absolute atomic E-state index is 4.52. The summed E-state index contributed by atoms with van der Waals surface area (Å²) in [4.78, 5) is 17.7. The van der Waals surface area contributed by atoms with Crippen molar-refractivity contribution in [3.8, 4) is 0 Å². The molecule has 0 unspecified atom stereocenters. The SMILES string of the molecule is c1ccc(C[C@@H]2C[C@H](c3cnccn3)[C@H](c3nccs3)N2)nc1. The van der Waals surface area contributed by atoms with Gasteiger partial charge in [0.2, 0.25) is 0 Å². The largest absolute Gasteiger partial charge is 0.304 e. The molecule has 4 rings (SSSR count). The van der Waals surface area contributed by atoms with Crippen LogP contribution in [0.25, 0.3) is 0 Å². The van der Waals surface area contributed by atoms with Crippen molar-refractivity contribution in [1.29, 1.82) is 0 Å². The van der Waals surface area contributed by atoms with Crippen LogP contribution in [-0.4, -0.2) is 26.0 Å². The van der Waals surface area contributed by atoms with Crippen LogP contribution in [0, 0.1) is 0 Å². The van der Waals surface area contributed by atoms with Gasteiger partial charge in [-0.1, -0.05) is 6.07 Å². The smallest absolute Gasteiger partial charge is 0.110 e. The third-order valence-corrected chi connectivity index (χ3v) is 5.08. The van der Waals surface area contributed by atoms with E-state index in [4.69, 9.17) is 0 Å². The summed E-state index contributed by atoms with van der Waals surface area (Å²) < 4.78 is 0. The molecule has 0 radical (unpaired) electrons. The van der Waals surface area contributed by atoms with Gasteiger partial charge in [0.05, 0.1) is 11.7 Å². The summed E-state index contributed by atoms with van der Waals surface area (Å²) in [5.41, 5.74) is 2.14. The van der Waals surface area contributed by atoms with Crippen molar-refractivity contribution in [2.45, 2.75) is 30.8 Å². The second kappa shape index (κ2) is 6.52. The average molecular weight is 323 g/mol. The summed E-state index contributed by atoms with van der Waals surface area (Å²) in [6, 6.07) is 6.63. The van der Waals surface area contributed by atoms with Crippen LogP contribution in [0.3, 0.4) is 0 Å². The van der Waals surface area contributed by atoms with Gasteiger partial charge in [-0.15, -0.1) is 11.3 Å². The Bertz CT molecular complexity index is 732. The Labute approximate surface area is 138 Å². The monoisotopic (exact) mass is 323 g/mol. The average Bonchev–Trinajstić information content (AvgIpc) is 3.26. The molecule has 4 heterocycles. The van der Waals surface area contributed by atoms with Crippen molar-refractivity contribution < 1.29 is 0 Å². The normalized spacial score (nSPS) is 23.9. The number of pyridine rings is 1. The molecule has 1 aliphatic rings. The predicted molar refractivity (Wildman–Crippen MR) is 89.1 cm³/mol. The molecule has 3 atom stereocenters. The Balaban J connectivity index is 1.59. The van der Waals surface area contributed by atoms with Crippen LogP contribution >= 0.6 is 11.3 Å². The van der Waals surface area contributed by atoms with E-state index in [1.807, 2.05) is 36.1 Å². The second-order valence-corrected chi connectivity index (χ2v) is 6.64. The lowest BCUT2D eigenvalue weighted by Crippen LogP contribution is -2.27. The molecule has 0 aromatic carbocycles. The van der Waals surface area contributed by atoms with E-state index in [2.05, 4.69) is 31.3 Å². The summed E-state index contributed by atoms with van der Waals surface area (Å²) >= 11 is 1.69. The fraction of sp³-hybridized carbons (Fsp3) is 0.294. The van der Waals surface area contributed by atoms with Gasteiger partial charge in [0.1, 0.15) is 5.01 Å². The zero-order valence-corrected chi connectivity index (χ0v) is 13.4. The maximum Gasteiger partial charge on any atom is 0.110 e. The van der Waals surface area contributed by atoms with Crippen molar-refractivity contribution in [3.63, 3.8) is 0 Å². The molecule has 0 spiro atoms. The first kappa shape index (κ1) is 14.4. The Kier molecular flexibility index (Phi) is 4.08. The second-order valence-electron chi connectivity index (χ2n) is 5.71. The lowest BCUT2D eigenvalue weighted by molar-refractivity contribution is 0.531. The van der Waals surface area contributed by atoms with E-state index < -0.39 is 0 Å². The van der Waals surface area contributed by atoms with Crippen molar-refractivity contribution in [3.05, 3.63) is 71.0 Å². The third kappa shape index (κ3) is 3.13. The number of hydrogen-bond acceptors (Lipinski definition) is 6. The number of nitrogens with zero attached hydrogens (tertiary/aromatic N) is 4. The van der Waals surface area contributed by atoms with E-state index in [1.165, 1.54) is 0 Å². The maximum atomic E-state index is 4.52. The molecule has 6 heteroatoms. The standard InChI is InChI=1S/C17H17N5S/c1-2-4-19-12(3-1)9-13-10-14(15-11-18-5-6-20-15)16(22-13)17-21-7-8-23-17/h1-8,11,13-14,16,22H,9-10H2/t13-,14-,16-/m1/s1. The van der Waals surface area contributed by atoms with Crippen molar-refractivity contribution in [1.82, 2.24) is 25.3 Å². The molecule has 1 fully saturated rings. The highest BCUT2D eigenvalue weighted by Crippen LogP contribution is 2.40. The summed E-state index contributed by atoms with van der Waals surface area (Å²) in [5.74, 6) is 0.295. The number of rotatable bonds is 4. The van der Waals surface area contributed by atoms with E-state index in [0.717, 1.165) is 29.2 Å². The zero-order chi connectivity index (χ0) is 15.5. The molecular weight excluding hydrogens is 306 g/mol. The molecule has 5 nitrogen and oxygen atoms in total. The first-order chi connectivity index (χ1) is 11.4. The number of hydrogen-bond donors (Lipinski definition) is 1. The van der Waals surface area contributed by atoms with E-state index in [-0.39, 0.29) is 6.04 Å². The van der Waals surface area contributed by atoms with Crippen LogP contribution in [0.5, 0.6) is 0 Å². The van der Waals surface area contributed by atoms with Crippen molar-refractivity contribution >= 4 is 11.3 Å². The van der Waals surface area contributed by atoms with Crippen LogP contribution in [0.15, 0.2) is 54.6 Å². The summed E-state index contributed by atoms with van der Waals surface area (Å²) in [7, 11) is 0. The van der Waals surface area contributed by atoms with Crippen LogP contribution in [-0.2, 0) is 6.42 Å². The fourth-order valence-electron chi connectivity index (χ4n) is 3.22. The summed E-state index contributed by atoms with van der Waals surface area (Å²) in [5, 5.41) is 6.87. The van der Waals surface area contributed by atoms with Crippen molar-refractivity contribution in [2.24, 2.45) is 0 Å². The van der Waals surface area contributed by atoms with Crippen molar-refractivity contribution in [2.75, 3.05) is 0 Å². The molecule has 1 saturated heterocycles. The van der Waals surface area contributed by atoms with E-state index in [9.17, 15) is 0 Å². The Morgan fingerprint density at radius 1 is 1.09 bits per heavy atom. The van der Waals surface area contributed by atoms with Crippen LogP contribution in [0.1, 0.15) is 34.8 Å². The number of thiazole rings is 1. The van der Waals surface area contributed by atoms with Gasteiger partial charge in [0.15, 0.2) is 0 Å². The van der Waals surface area contributed by atoms with Gasteiger partial charge in [0.25, 0.3) is 0 Å². The predicted octanol–water partition coefficient (Wildman–Crippen LogP) is 2.76. The molecule has 116 valence electrons. The highest BCUT2D eigenvalue weighted by molar-refractivity contribution is 7.09. The van der Waals surface area contributed by atoms with Gasteiger partial charge in [-0.05, 0) is 18.6 Å². The minimum Gasteiger partial charge on any atom is -0.304 e. The van der Waals surface area contributed by atoms with Gasteiger partial charge < -0.3 is 5.32 Å². The lowest BCUT2D eigenvalue weighted by atomic mass is 9.94. The molecule has 1 aliphatic heterocycles. The summed E-state index contributed by atoms with van der Waals surface area (Å²) in [6.45, 7) is 0. The minimum atomic E-state index is 0.195. The van der Waals surface area contributed by atoms with E-state index in [1.54, 1.807) is 23.7 Å². The lowest BCUT2D eigenvalue weighted by Gasteiger charge is -2.16. The molecule has 3 aromatic heterocycles. The van der Waals surface area contributed by atoms with Gasteiger partial charge in [-0.2, -0.15) is 0 Å². The molecule has 3 aromatic rings. The van der Waals surface area contributed by atoms with Crippen LogP contribution < -0.4 is 5.32 Å². The third-order valence-electron chi connectivity index (χ3n) is 4.22.